The van der Waals surface area contributed by atoms with Crippen molar-refractivity contribution in [2.24, 2.45) is 5.73 Å². The Balaban J connectivity index is 2.16. The molecule has 1 atom stereocenters. The molecule has 2 rings (SSSR count). The Bertz CT molecular complexity index is 588. The number of rotatable bonds is 4. The number of amides is 1. The molecule has 1 unspecified atom stereocenters. The summed E-state index contributed by atoms with van der Waals surface area (Å²) in [6.45, 7) is 4.11. The highest BCUT2D eigenvalue weighted by molar-refractivity contribution is 5.86. The largest absolute Gasteiger partial charge is 0.469 e. The first-order chi connectivity index (χ1) is 9.43. The van der Waals surface area contributed by atoms with Gasteiger partial charge in [-0.1, -0.05) is 30.3 Å². The monoisotopic (exact) mass is 272 g/mol. The van der Waals surface area contributed by atoms with E-state index in [1.54, 1.807) is 25.1 Å². The second kappa shape index (κ2) is 5.51. The van der Waals surface area contributed by atoms with Crippen molar-refractivity contribution < 1.29 is 9.21 Å². The van der Waals surface area contributed by atoms with Crippen molar-refractivity contribution in [1.29, 1.82) is 0 Å². The molecule has 0 bridgehead atoms. The topological polar surface area (TPSA) is 59.5 Å². The third kappa shape index (κ3) is 2.75. The number of nitrogens with zero attached hydrogens (tertiary/aromatic N) is 1. The van der Waals surface area contributed by atoms with Crippen LogP contribution in [0.25, 0.3) is 0 Å². The van der Waals surface area contributed by atoms with Gasteiger partial charge in [-0.25, -0.2) is 0 Å². The zero-order valence-electron chi connectivity index (χ0n) is 12.1. The molecule has 0 saturated carbocycles. The van der Waals surface area contributed by atoms with Crippen LogP contribution < -0.4 is 5.73 Å². The highest BCUT2D eigenvalue weighted by Gasteiger charge is 2.33. The van der Waals surface area contributed by atoms with Gasteiger partial charge in [0.05, 0.1) is 6.26 Å². The van der Waals surface area contributed by atoms with Crippen LogP contribution in [0.1, 0.15) is 23.8 Å². The summed E-state index contributed by atoms with van der Waals surface area (Å²) in [5, 5.41) is 0. The van der Waals surface area contributed by atoms with Crippen molar-refractivity contribution in [2.75, 3.05) is 7.05 Å². The van der Waals surface area contributed by atoms with E-state index >= 15 is 0 Å². The molecule has 4 heteroatoms. The molecule has 0 aliphatic heterocycles. The van der Waals surface area contributed by atoms with E-state index < -0.39 is 5.54 Å². The van der Waals surface area contributed by atoms with Crippen molar-refractivity contribution in [1.82, 2.24) is 4.90 Å². The van der Waals surface area contributed by atoms with Gasteiger partial charge in [-0.3, -0.25) is 4.79 Å². The smallest absolute Gasteiger partial charge is 0.247 e. The maximum Gasteiger partial charge on any atom is 0.247 e. The maximum absolute atomic E-state index is 12.6. The average Bonchev–Trinajstić information content (AvgIpc) is 2.84. The minimum absolute atomic E-state index is 0.121. The summed E-state index contributed by atoms with van der Waals surface area (Å²) in [5.41, 5.74) is 7.00. The van der Waals surface area contributed by atoms with Gasteiger partial charge in [0, 0.05) is 19.2 Å². The molecule has 4 nitrogen and oxygen atoms in total. The summed E-state index contributed by atoms with van der Waals surface area (Å²) >= 11 is 0. The summed E-state index contributed by atoms with van der Waals surface area (Å²) in [7, 11) is 1.75. The number of carbonyl (C=O) groups is 1. The lowest BCUT2D eigenvalue weighted by Crippen LogP contribution is -2.49. The predicted molar refractivity (Wildman–Crippen MR) is 77.9 cm³/mol. The van der Waals surface area contributed by atoms with Crippen LogP contribution in [0.3, 0.4) is 0 Å². The number of likely N-dealkylation sites (N-methyl/N-ethyl adjacent to an activating group) is 1. The van der Waals surface area contributed by atoms with Crippen molar-refractivity contribution in [3.8, 4) is 0 Å². The first-order valence-electron chi connectivity index (χ1n) is 6.56. The number of benzene rings is 1. The Labute approximate surface area is 119 Å². The normalized spacial score (nSPS) is 13.8. The van der Waals surface area contributed by atoms with E-state index in [2.05, 4.69) is 0 Å². The fourth-order valence-electron chi connectivity index (χ4n) is 2.21. The van der Waals surface area contributed by atoms with Crippen molar-refractivity contribution in [3.05, 3.63) is 59.5 Å². The number of hydrogen-bond acceptors (Lipinski definition) is 3. The van der Waals surface area contributed by atoms with Gasteiger partial charge in [0.1, 0.15) is 11.3 Å². The van der Waals surface area contributed by atoms with Crippen molar-refractivity contribution in [2.45, 2.75) is 25.9 Å². The Morgan fingerprint density at radius 1 is 1.30 bits per heavy atom. The second-order valence-corrected chi connectivity index (χ2v) is 5.23. The van der Waals surface area contributed by atoms with Crippen LogP contribution in [-0.2, 0) is 16.9 Å². The minimum atomic E-state index is -1.03. The lowest BCUT2D eigenvalue weighted by molar-refractivity contribution is -0.136. The molecule has 1 aromatic carbocycles. The maximum atomic E-state index is 12.6. The number of aryl methyl sites for hydroxylation is 1. The number of carbonyl (C=O) groups excluding carboxylic acids is 1. The highest BCUT2D eigenvalue weighted by Crippen LogP contribution is 2.21. The van der Waals surface area contributed by atoms with Crippen LogP contribution in [0.15, 0.2) is 47.1 Å². The zero-order chi connectivity index (χ0) is 14.8. The molecule has 0 fully saturated rings. The molecule has 0 aliphatic rings. The van der Waals surface area contributed by atoms with E-state index in [0.717, 1.165) is 16.9 Å². The van der Waals surface area contributed by atoms with Crippen LogP contribution in [0, 0.1) is 6.92 Å². The quantitative estimate of drug-likeness (QED) is 0.930. The summed E-state index contributed by atoms with van der Waals surface area (Å²) in [6.07, 6.45) is 1.63. The Morgan fingerprint density at radius 3 is 2.50 bits per heavy atom. The number of furan rings is 1. The van der Waals surface area contributed by atoms with Crippen LogP contribution in [0.2, 0.25) is 0 Å². The van der Waals surface area contributed by atoms with Gasteiger partial charge in [-0.05, 0) is 25.5 Å². The molecule has 106 valence electrons. The Hall–Kier alpha value is -2.07. The SMILES string of the molecule is Cc1occc1CN(C)C(=O)C(C)(N)c1ccccc1. The van der Waals surface area contributed by atoms with Crippen molar-refractivity contribution >= 4 is 5.91 Å². The van der Waals surface area contributed by atoms with Gasteiger partial charge in [0.2, 0.25) is 5.91 Å². The first kappa shape index (κ1) is 14.3. The summed E-state index contributed by atoms with van der Waals surface area (Å²) in [5.74, 6) is 0.701. The molecule has 0 saturated heterocycles. The van der Waals surface area contributed by atoms with Crippen LogP contribution >= 0.6 is 0 Å². The lowest BCUT2D eigenvalue weighted by Gasteiger charge is -2.29. The Morgan fingerprint density at radius 2 is 1.95 bits per heavy atom. The molecule has 2 N–H and O–H groups in total. The van der Waals surface area contributed by atoms with Crippen LogP contribution in [0.4, 0.5) is 0 Å². The first-order valence-corrected chi connectivity index (χ1v) is 6.56. The Kier molecular flexibility index (Phi) is 3.95. The highest BCUT2D eigenvalue weighted by atomic mass is 16.3. The fraction of sp³-hybridized carbons (Fsp3) is 0.312. The summed E-state index contributed by atoms with van der Waals surface area (Å²) < 4.78 is 5.25. The molecule has 1 aromatic heterocycles. The zero-order valence-corrected chi connectivity index (χ0v) is 12.1. The standard InChI is InChI=1S/C16H20N2O2/c1-12-13(9-10-20-12)11-18(3)15(19)16(2,17)14-7-5-4-6-8-14/h4-10H,11,17H2,1-3H3. The minimum Gasteiger partial charge on any atom is -0.469 e. The lowest BCUT2D eigenvalue weighted by atomic mass is 9.91. The molecular weight excluding hydrogens is 252 g/mol. The van der Waals surface area contributed by atoms with Gasteiger partial charge in [-0.2, -0.15) is 0 Å². The third-order valence-corrected chi connectivity index (χ3v) is 3.54. The van der Waals surface area contributed by atoms with Gasteiger partial charge in [0.15, 0.2) is 0 Å². The predicted octanol–water partition coefficient (Wildman–Crippen LogP) is 2.42. The number of nitrogens with two attached hydrogens (primary N) is 1. The fourth-order valence-corrected chi connectivity index (χ4v) is 2.21. The van der Waals surface area contributed by atoms with E-state index in [0.29, 0.717) is 6.54 Å². The molecular formula is C16H20N2O2. The van der Waals surface area contributed by atoms with Crippen LogP contribution in [-0.4, -0.2) is 17.9 Å². The molecule has 20 heavy (non-hydrogen) atoms. The summed E-state index contributed by atoms with van der Waals surface area (Å²) in [6, 6.07) is 11.3. The summed E-state index contributed by atoms with van der Waals surface area (Å²) in [4.78, 5) is 14.2. The van der Waals surface area contributed by atoms with Crippen molar-refractivity contribution in [3.63, 3.8) is 0 Å². The average molecular weight is 272 g/mol. The molecule has 0 radical (unpaired) electrons. The van der Waals surface area contributed by atoms with E-state index in [9.17, 15) is 4.79 Å². The molecule has 2 aromatic rings. The van der Waals surface area contributed by atoms with E-state index in [-0.39, 0.29) is 5.91 Å². The molecule has 0 spiro atoms. The van der Waals surface area contributed by atoms with E-state index in [1.807, 2.05) is 43.3 Å². The van der Waals surface area contributed by atoms with Gasteiger partial charge >= 0.3 is 0 Å². The van der Waals surface area contributed by atoms with Gasteiger partial charge in [0.25, 0.3) is 0 Å². The molecule has 0 aliphatic carbocycles. The van der Waals surface area contributed by atoms with Gasteiger partial charge in [-0.15, -0.1) is 0 Å². The molecule has 1 amide bonds. The second-order valence-electron chi connectivity index (χ2n) is 5.23. The van der Waals surface area contributed by atoms with Crippen LogP contribution in [0.5, 0.6) is 0 Å². The van der Waals surface area contributed by atoms with E-state index in [1.165, 1.54) is 0 Å². The third-order valence-electron chi connectivity index (χ3n) is 3.54. The van der Waals surface area contributed by atoms with E-state index in [4.69, 9.17) is 10.2 Å². The molecule has 1 heterocycles. The van der Waals surface area contributed by atoms with Gasteiger partial charge < -0.3 is 15.1 Å². The number of hydrogen-bond donors (Lipinski definition) is 1.